The lowest BCUT2D eigenvalue weighted by Gasteiger charge is -2.20. The van der Waals surface area contributed by atoms with Crippen molar-refractivity contribution in [3.63, 3.8) is 0 Å². The van der Waals surface area contributed by atoms with Crippen molar-refractivity contribution in [2.45, 2.75) is 148 Å². The third-order valence-corrected chi connectivity index (χ3v) is 8.73. The first-order chi connectivity index (χ1) is 26.2. The monoisotopic (exact) mass is 778 g/mol. The molecule has 3 N–H and O–H groups in total. The van der Waals surface area contributed by atoms with Gasteiger partial charge in [-0.25, -0.2) is 4.57 Å². The largest absolute Gasteiger partial charge is 0.472 e. The SMILES string of the molecule is CC/C=C/C/C=C/C/C=C/C/C=C/C/C=C/CCCC(=O)OC[C@H](COP(=O)(O)OC[C@@H](O)CO)OC(=O)CCCCCCC/C=C/C/C=C/CCCC. The van der Waals surface area contributed by atoms with E-state index in [0.717, 1.165) is 77.0 Å². The molecule has 0 aliphatic rings. The van der Waals surface area contributed by atoms with Crippen LogP contribution >= 0.6 is 7.82 Å². The van der Waals surface area contributed by atoms with E-state index in [1.165, 1.54) is 12.8 Å². The number of carbonyl (C=O) groups excluding carboxylic acids is 2. The number of esters is 2. The van der Waals surface area contributed by atoms with E-state index in [4.69, 9.17) is 19.1 Å². The number of carbonyl (C=O) groups is 2. The van der Waals surface area contributed by atoms with Gasteiger partial charge in [0, 0.05) is 12.8 Å². The van der Waals surface area contributed by atoms with Crippen molar-refractivity contribution >= 4 is 19.8 Å². The van der Waals surface area contributed by atoms with Crippen molar-refractivity contribution in [3.8, 4) is 0 Å². The predicted molar refractivity (Wildman–Crippen MR) is 219 cm³/mol. The lowest BCUT2D eigenvalue weighted by Crippen LogP contribution is -2.29. The van der Waals surface area contributed by atoms with Crippen molar-refractivity contribution in [3.05, 3.63) is 85.1 Å². The van der Waals surface area contributed by atoms with Gasteiger partial charge in [-0.1, -0.05) is 131 Å². The molecule has 0 saturated heterocycles. The summed E-state index contributed by atoms with van der Waals surface area (Å²) < 4.78 is 32.6. The van der Waals surface area contributed by atoms with Crippen LogP contribution in [0.1, 0.15) is 136 Å². The van der Waals surface area contributed by atoms with E-state index < -0.39 is 51.8 Å². The van der Waals surface area contributed by atoms with Crippen molar-refractivity contribution in [1.82, 2.24) is 0 Å². The van der Waals surface area contributed by atoms with E-state index in [0.29, 0.717) is 19.3 Å². The molecule has 3 atom stereocenters. The molecule has 0 aromatic carbocycles. The molecule has 0 rings (SSSR count). The normalized spacial score (nSPS) is 14.8. The molecule has 0 aromatic rings. The van der Waals surface area contributed by atoms with Gasteiger partial charge in [0.15, 0.2) is 6.10 Å². The predicted octanol–water partition coefficient (Wildman–Crippen LogP) is 10.3. The fraction of sp³-hybridized carbons (Fsp3) is 0.628. The second-order valence-corrected chi connectivity index (χ2v) is 14.4. The molecule has 0 radical (unpaired) electrons. The van der Waals surface area contributed by atoms with Crippen molar-refractivity contribution in [2.24, 2.45) is 0 Å². The Balaban J connectivity index is 4.48. The van der Waals surface area contributed by atoms with E-state index in [1.807, 2.05) is 12.2 Å². The van der Waals surface area contributed by atoms with Gasteiger partial charge in [0.2, 0.25) is 0 Å². The molecule has 10 nitrogen and oxygen atoms in total. The molecule has 0 aromatic heterocycles. The Morgan fingerprint density at radius 1 is 0.574 bits per heavy atom. The number of aliphatic hydroxyl groups excluding tert-OH is 2. The van der Waals surface area contributed by atoms with E-state index in [1.54, 1.807) is 0 Å². The van der Waals surface area contributed by atoms with Crippen LogP contribution in [0.5, 0.6) is 0 Å². The molecule has 0 aliphatic heterocycles. The third-order valence-electron chi connectivity index (χ3n) is 7.78. The minimum atomic E-state index is -4.64. The van der Waals surface area contributed by atoms with E-state index in [9.17, 15) is 24.2 Å². The van der Waals surface area contributed by atoms with Crippen LogP contribution in [0.2, 0.25) is 0 Å². The number of aliphatic hydroxyl groups is 2. The summed E-state index contributed by atoms with van der Waals surface area (Å²) in [5.41, 5.74) is 0. The lowest BCUT2D eigenvalue weighted by atomic mass is 10.1. The number of ether oxygens (including phenoxy) is 2. The Morgan fingerprint density at radius 2 is 1.04 bits per heavy atom. The first-order valence-corrected chi connectivity index (χ1v) is 21.5. The highest BCUT2D eigenvalue weighted by Gasteiger charge is 2.27. The van der Waals surface area contributed by atoms with Crippen molar-refractivity contribution < 1.29 is 47.8 Å². The summed E-state index contributed by atoms with van der Waals surface area (Å²) in [4.78, 5) is 34.9. The summed E-state index contributed by atoms with van der Waals surface area (Å²) >= 11 is 0. The summed E-state index contributed by atoms with van der Waals surface area (Å²) in [6.45, 7) is 2.11. The molecule has 0 aliphatic carbocycles. The van der Waals surface area contributed by atoms with Crippen LogP contribution in [0.3, 0.4) is 0 Å². The Morgan fingerprint density at radius 3 is 1.59 bits per heavy atom. The summed E-state index contributed by atoms with van der Waals surface area (Å²) in [7, 11) is -4.64. The van der Waals surface area contributed by atoms with Gasteiger partial charge < -0.3 is 24.6 Å². The van der Waals surface area contributed by atoms with Gasteiger partial charge in [-0.3, -0.25) is 18.6 Å². The highest BCUT2D eigenvalue weighted by Crippen LogP contribution is 2.43. The average molecular weight is 779 g/mol. The molecule has 1 unspecified atom stereocenters. The van der Waals surface area contributed by atoms with Crippen LogP contribution in [0.25, 0.3) is 0 Å². The standard InChI is InChI=1S/C43H71O10P/c1-3-5-7-9-11-13-15-17-19-20-21-23-24-26-28-30-32-34-42(46)50-38-41(39-52-54(48,49)51-37-40(45)36-44)53-43(47)35-33-31-29-27-25-22-18-16-14-12-10-8-6-4-2/h5,7,10-13,16-19,21,23,26,28,40-41,44-45H,3-4,6,8-9,14-15,20,22,24-25,27,29-39H2,1-2H3,(H,48,49)/b7-5+,12-10+,13-11+,18-16+,19-17+,23-21+,28-26+/t40-,41+/m0/s1. The van der Waals surface area contributed by atoms with Crippen LogP contribution in [0.15, 0.2) is 85.1 Å². The number of phosphoric acid groups is 1. The van der Waals surface area contributed by atoms with Crippen LogP contribution < -0.4 is 0 Å². The topological polar surface area (TPSA) is 149 Å². The average Bonchev–Trinajstić information content (AvgIpc) is 3.16. The second-order valence-electron chi connectivity index (χ2n) is 12.9. The number of rotatable bonds is 36. The van der Waals surface area contributed by atoms with Crippen molar-refractivity contribution in [1.29, 1.82) is 0 Å². The van der Waals surface area contributed by atoms with Gasteiger partial charge in [-0.05, 0) is 77.0 Å². The number of hydrogen-bond acceptors (Lipinski definition) is 9. The summed E-state index contributed by atoms with van der Waals surface area (Å²) in [5.74, 6) is -1.02. The van der Waals surface area contributed by atoms with E-state index in [2.05, 4.69) is 91.3 Å². The highest BCUT2D eigenvalue weighted by atomic mass is 31.2. The van der Waals surface area contributed by atoms with Gasteiger partial charge in [0.05, 0.1) is 19.8 Å². The summed E-state index contributed by atoms with van der Waals surface area (Å²) in [5, 5.41) is 18.3. The number of phosphoric ester groups is 1. The minimum absolute atomic E-state index is 0.151. The number of allylic oxidation sites excluding steroid dienone is 14. The zero-order valence-corrected chi connectivity index (χ0v) is 34.0. The molecule has 308 valence electrons. The maximum atomic E-state index is 12.6. The Labute approximate surface area is 326 Å². The first-order valence-electron chi connectivity index (χ1n) is 20.0. The number of hydrogen-bond donors (Lipinski definition) is 3. The maximum absolute atomic E-state index is 12.6. The number of unbranched alkanes of at least 4 members (excludes halogenated alkanes) is 8. The molecule has 0 saturated carbocycles. The smallest absolute Gasteiger partial charge is 0.462 e. The van der Waals surface area contributed by atoms with E-state index in [-0.39, 0.29) is 19.4 Å². The van der Waals surface area contributed by atoms with Crippen molar-refractivity contribution in [2.75, 3.05) is 26.4 Å². The molecule has 54 heavy (non-hydrogen) atoms. The first kappa shape index (κ1) is 51.1. The quantitative estimate of drug-likeness (QED) is 0.0243. The Kier molecular flexibility index (Phi) is 36.4. The molecular weight excluding hydrogens is 707 g/mol. The Hall–Kier alpha value is -2.85. The van der Waals surface area contributed by atoms with Gasteiger partial charge >= 0.3 is 19.8 Å². The molecule has 0 fully saturated rings. The van der Waals surface area contributed by atoms with Gasteiger partial charge in [0.25, 0.3) is 0 Å². The highest BCUT2D eigenvalue weighted by molar-refractivity contribution is 7.47. The third kappa shape index (κ3) is 37.5. The molecule has 0 bridgehead atoms. The van der Waals surface area contributed by atoms with Gasteiger partial charge in [-0.15, -0.1) is 0 Å². The van der Waals surface area contributed by atoms with Crippen LogP contribution in [0.4, 0.5) is 0 Å². The van der Waals surface area contributed by atoms with Crippen LogP contribution in [0, 0.1) is 0 Å². The lowest BCUT2D eigenvalue weighted by molar-refractivity contribution is -0.161. The molecule has 11 heteroatoms. The fourth-order valence-electron chi connectivity index (χ4n) is 4.69. The zero-order chi connectivity index (χ0) is 39.8. The minimum Gasteiger partial charge on any atom is -0.462 e. The summed E-state index contributed by atoms with van der Waals surface area (Å²) in [6.07, 6.45) is 44.1. The summed E-state index contributed by atoms with van der Waals surface area (Å²) in [6, 6.07) is 0. The van der Waals surface area contributed by atoms with E-state index >= 15 is 0 Å². The maximum Gasteiger partial charge on any atom is 0.472 e. The van der Waals surface area contributed by atoms with Gasteiger partial charge in [0.1, 0.15) is 12.7 Å². The second kappa shape index (κ2) is 38.4. The Bertz CT molecular complexity index is 1170. The molecular formula is C43H71O10P. The zero-order valence-electron chi connectivity index (χ0n) is 33.1. The van der Waals surface area contributed by atoms with Gasteiger partial charge in [-0.2, -0.15) is 0 Å². The van der Waals surface area contributed by atoms with Crippen LogP contribution in [-0.2, 0) is 32.7 Å². The molecule has 0 heterocycles. The molecule has 0 amide bonds. The van der Waals surface area contributed by atoms with Crippen LogP contribution in [-0.4, -0.2) is 65.7 Å². The molecule has 0 spiro atoms. The fourth-order valence-corrected chi connectivity index (χ4v) is 5.48.